The molecule has 1 aromatic heterocycles. The Morgan fingerprint density at radius 1 is 1.25 bits per heavy atom. The number of hydrogen-bond acceptors (Lipinski definition) is 3. The Kier molecular flexibility index (Phi) is 3.70. The minimum absolute atomic E-state index is 0.00644. The second-order valence-electron chi connectivity index (χ2n) is 5.42. The third kappa shape index (κ3) is 2.68. The third-order valence-corrected chi connectivity index (χ3v) is 3.86. The Hall–Kier alpha value is -1.87. The van der Waals surface area contributed by atoms with Crippen LogP contribution in [0.3, 0.4) is 0 Å². The van der Waals surface area contributed by atoms with E-state index in [1.54, 1.807) is 6.20 Å². The SMILES string of the molecule is CC(N)c1ccc(OC2CCCc3ccccc32)nc1. The Balaban J connectivity index is 1.78. The summed E-state index contributed by atoms with van der Waals surface area (Å²) < 4.78 is 6.06. The standard InChI is InChI=1S/C17H20N2O/c1-12(18)14-9-10-17(19-11-14)20-16-8-4-6-13-5-2-3-7-15(13)16/h2-3,5,7,9-12,16H,4,6,8,18H2,1H3. The maximum absolute atomic E-state index is 6.06. The second-order valence-corrected chi connectivity index (χ2v) is 5.42. The van der Waals surface area contributed by atoms with Crippen LogP contribution in [0.5, 0.6) is 5.88 Å². The highest BCUT2D eigenvalue weighted by Gasteiger charge is 2.21. The van der Waals surface area contributed by atoms with E-state index in [0.717, 1.165) is 18.4 Å². The molecule has 3 heteroatoms. The van der Waals surface area contributed by atoms with Crippen LogP contribution < -0.4 is 10.5 Å². The average molecular weight is 268 g/mol. The number of aromatic nitrogens is 1. The van der Waals surface area contributed by atoms with E-state index < -0.39 is 0 Å². The molecule has 0 radical (unpaired) electrons. The molecule has 104 valence electrons. The largest absolute Gasteiger partial charge is 0.469 e. The minimum atomic E-state index is 0.00644. The van der Waals surface area contributed by atoms with Crippen molar-refractivity contribution >= 4 is 0 Å². The fraction of sp³-hybridized carbons (Fsp3) is 0.353. The normalized spacial score (nSPS) is 19.2. The Labute approximate surface area is 119 Å². The first-order valence-electron chi connectivity index (χ1n) is 7.20. The van der Waals surface area contributed by atoms with Crippen molar-refractivity contribution in [3.05, 3.63) is 59.3 Å². The van der Waals surface area contributed by atoms with E-state index >= 15 is 0 Å². The molecule has 1 aromatic carbocycles. The van der Waals surface area contributed by atoms with Crippen molar-refractivity contribution in [1.29, 1.82) is 0 Å². The summed E-state index contributed by atoms with van der Waals surface area (Å²) in [5.74, 6) is 0.677. The lowest BCUT2D eigenvalue weighted by Gasteiger charge is -2.25. The van der Waals surface area contributed by atoms with E-state index in [-0.39, 0.29) is 12.1 Å². The summed E-state index contributed by atoms with van der Waals surface area (Å²) in [7, 11) is 0. The molecular weight excluding hydrogens is 248 g/mol. The van der Waals surface area contributed by atoms with Crippen molar-refractivity contribution in [3.63, 3.8) is 0 Å². The maximum Gasteiger partial charge on any atom is 0.213 e. The summed E-state index contributed by atoms with van der Waals surface area (Å²) in [5, 5.41) is 0. The summed E-state index contributed by atoms with van der Waals surface area (Å²) in [6.45, 7) is 1.95. The molecule has 0 bridgehead atoms. The molecule has 2 atom stereocenters. The summed E-state index contributed by atoms with van der Waals surface area (Å²) in [6.07, 6.45) is 5.28. The van der Waals surface area contributed by atoms with Gasteiger partial charge in [0.1, 0.15) is 6.10 Å². The number of hydrogen-bond donors (Lipinski definition) is 1. The van der Waals surface area contributed by atoms with E-state index in [1.807, 2.05) is 19.1 Å². The first-order valence-corrected chi connectivity index (χ1v) is 7.20. The fourth-order valence-corrected chi connectivity index (χ4v) is 2.71. The molecule has 0 aliphatic heterocycles. The Bertz CT molecular complexity index is 578. The topological polar surface area (TPSA) is 48.1 Å². The van der Waals surface area contributed by atoms with E-state index in [2.05, 4.69) is 29.2 Å². The highest BCUT2D eigenvalue weighted by atomic mass is 16.5. The number of pyridine rings is 1. The molecule has 0 saturated carbocycles. The fourth-order valence-electron chi connectivity index (χ4n) is 2.71. The second kappa shape index (κ2) is 5.63. The van der Waals surface area contributed by atoms with Crippen LogP contribution in [0.4, 0.5) is 0 Å². The number of rotatable bonds is 3. The van der Waals surface area contributed by atoms with Gasteiger partial charge in [-0.15, -0.1) is 0 Å². The zero-order valence-electron chi connectivity index (χ0n) is 11.8. The van der Waals surface area contributed by atoms with Gasteiger partial charge in [0.05, 0.1) is 0 Å². The molecule has 3 rings (SSSR count). The number of fused-ring (bicyclic) bond motifs is 1. The van der Waals surface area contributed by atoms with Gasteiger partial charge >= 0.3 is 0 Å². The van der Waals surface area contributed by atoms with Gasteiger partial charge in [0, 0.05) is 18.3 Å². The summed E-state index contributed by atoms with van der Waals surface area (Å²) in [6, 6.07) is 12.4. The van der Waals surface area contributed by atoms with Crippen LogP contribution in [0.1, 0.15) is 48.6 Å². The summed E-state index contributed by atoms with van der Waals surface area (Å²) in [5.41, 5.74) is 9.56. The lowest BCUT2D eigenvalue weighted by molar-refractivity contribution is 0.175. The first-order chi connectivity index (χ1) is 9.74. The number of aryl methyl sites for hydroxylation is 1. The lowest BCUT2D eigenvalue weighted by Crippen LogP contribution is -2.15. The molecule has 1 aliphatic carbocycles. The third-order valence-electron chi connectivity index (χ3n) is 3.86. The van der Waals surface area contributed by atoms with Crippen LogP contribution in [0.2, 0.25) is 0 Å². The smallest absolute Gasteiger partial charge is 0.213 e. The van der Waals surface area contributed by atoms with Crippen molar-refractivity contribution in [2.75, 3.05) is 0 Å². The van der Waals surface area contributed by atoms with Gasteiger partial charge in [-0.3, -0.25) is 0 Å². The van der Waals surface area contributed by atoms with Crippen molar-refractivity contribution < 1.29 is 4.74 Å². The summed E-state index contributed by atoms with van der Waals surface area (Å²) in [4.78, 5) is 4.36. The molecule has 2 unspecified atom stereocenters. The first kappa shape index (κ1) is 13.1. The van der Waals surface area contributed by atoms with E-state index in [9.17, 15) is 0 Å². The van der Waals surface area contributed by atoms with Gasteiger partial charge in [-0.2, -0.15) is 0 Å². The molecule has 3 nitrogen and oxygen atoms in total. The predicted molar refractivity (Wildman–Crippen MR) is 79.6 cm³/mol. The zero-order valence-corrected chi connectivity index (χ0v) is 11.8. The quantitative estimate of drug-likeness (QED) is 0.926. The van der Waals surface area contributed by atoms with Crippen LogP contribution in [0.25, 0.3) is 0 Å². The number of ether oxygens (including phenoxy) is 1. The van der Waals surface area contributed by atoms with Crippen LogP contribution in [0, 0.1) is 0 Å². The van der Waals surface area contributed by atoms with Gasteiger partial charge in [-0.1, -0.05) is 30.3 Å². The van der Waals surface area contributed by atoms with Gasteiger partial charge in [0.25, 0.3) is 0 Å². The van der Waals surface area contributed by atoms with Gasteiger partial charge in [0.15, 0.2) is 0 Å². The highest BCUT2D eigenvalue weighted by Crippen LogP contribution is 2.32. The number of nitrogens with zero attached hydrogens (tertiary/aromatic N) is 1. The van der Waals surface area contributed by atoms with Crippen molar-refractivity contribution in [2.45, 2.75) is 38.3 Å². The van der Waals surface area contributed by atoms with Gasteiger partial charge < -0.3 is 10.5 Å². The van der Waals surface area contributed by atoms with Crippen LogP contribution >= 0.6 is 0 Å². The summed E-state index contributed by atoms with van der Waals surface area (Å²) >= 11 is 0. The minimum Gasteiger partial charge on any atom is -0.469 e. The predicted octanol–water partition coefficient (Wildman–Crippen LogP) is 3.56. The molecule has 1 aliphatic rings. The van der Waals surface area contributed by atoms with E-state index in [0.29, 0.717) is 5.88 Å². The Morgan fingerprint density at radius 3 is 2.85 bits per heavy atom. The van der Waals surface area contributed by atoms with Crippen molar-refractivity contribution in [3.8, 4) is 5.88 Å². The zero-order chi connectivity index (χ0) is 13.9. The molecule has 0 spiro atoms. The van der Waals surface area contributed by atoms with Crippen LogP contribution in [-0.2, 0) is 6.42 Å². The van der Waals surface area contributed by atoms with Gasteiger partial charge in [-0.05, 0) is 42.9 Å². The van der Waals surface area contributed by atoms with E-state index in [1.165, 1.54) is 17.5 Å². The molecule has 0 amide bonds. The molecular formula is C17H20N2O. The lowest BCUT2D eigenvalue weighted by atomic mass is 9.89. The molecule has 1 heterocycles. The van der Waals surface area contributed by atoms with Crippen LogP contribution in [0.15, 0.2) is 42.6 Å². The van der Waals surface area contributed by atoms with E-state index in [4.69, 9.17) is 10.5 Å². The molecule has 0 fully saturated rings. The molecule has 0 saturated heterocycles. The number of benzene rings is 1. The monoisotopic (exact) mass is 268 g/mol. The number of nitrogens with two attached hydrogens (primary N) is 1. The Morgan fingerprint density at radius 2 is 2.10 bits per heavy atom. The van der Waals surface area contributed by atoms with Crippen molar-refractivity contribution in [2.24, 2.45) is 5.73 Å². The van der Waals surface area contributed by atoms with Gasteiger partial charge in [-0.25, -0.2) is 4.98 Å². The highest BCUT2D eigenvalue weighted by molar-refractivity contribution is 5.32. The van der Waals surface area contributed by atoms with Gasteiger partial charge in [0.2, 0.25) is 5.88 Å². The van der Waals surface area contributed by atoms with Crippen molar-refractivity contribution in [1.82, 2.24) is 4.98 Å². The molecule has 2 N–H and O–H groups in total. The average Bonchev–Trinajstić information content (AvgIpc) is 2.48. The van der Waals surface area contributed by atoms with Crippen LogP contribution in [-0.4, -0.2) is 4.98 Å². The maximum atomic E-state index is 6.06. The molecule has 2 aromatic rings. The molecule has 20 heavy (non-hydrogen) atoms.